The normalized spacial score (nSPS) is 23.9. The van der Waals surface area contributed by atoms with Crippen LogP contribution in [0.25, 0.3) is 0 Å². The molecule has 2 heteroatoms. The molecule has 0 spiro atoms. The maximum atomic E-state index is 10.8. The number of hydrogen-bond acceptors (Lipinski definition) is 1. The Labute approximate surface area is 89.9 Å². The summed E-state index contributed by atoms with van der Waals surface area (Å²) in [5.74, 6) is -0.0310. The molecule has 15 heavy (non-hydrogen) atoms. The van der Waals surface area contributed by atoms with Crippen LogP contribution in [0, 0.1) is 12.8 Å². The Morgan fingerprint density at radius 2 is 2.27 bits per heavy atom. The van der Waals surface area contributed by atoms with Crippen molar-refractivity contribution in [2.75, 3.05) is 0 Å². The van der Waals surface area contributed by atoms with E-state index in [-0.39, 0.29) is 12.3 Å². The van der Waals surface area contributed by atoms with Gasteiger partial charge in [-0.25, -0.2) is 0 Å². The summed E-state index contributed by atoms with van der Waals surface area (Å²) in [5.41, 5.74) is 3.81. The Bertz CT molecular complexity index is 396. The van der Waals surface area contributed by atoms with Crippen LogP contribution in [0.15, 0.2) is 18.2 Å². The third kappa shape index (κ3) is 1.89. The number of aryl methyl sites for hydroxylation is 1. The Morgan fingerprint density at radius 3 is 2.93 bits per heavy atom. The first-order chi connectivity index (χ1) is 7.08. The molecular formula is C13H16O2. The molecule has 1 aromatic rings. The Balaban J connectivity index is 2.35. The zero-order valence-electron chi connectivity index (χ0n) is 9.16. The molecule has 1 N–H and O–H groups in total. The SMILES string of the molecule is Cc1ccc2c(c1)C(CC(=O)O)C(C)C2. The Morgan fingerprint density at radius 1 is 1.53 bits per heavy atom. The number of carbonyl (C=O) groups is 1. The highest BCUT2D eigenvalue weighted by molar-refractivity contribution is 5.68. The molecule has 0 amide bonds. The second-order valence-electron chi connectivity index (χ2n) is 4.59. The lowest BCUT2D eigenvalue weighted by Crippen LogP contribution is -2.09. The summed E-state index contributed by atoms with van der Waals surface area (Å²) in [7, 11) is 0. The van der Waals surface area contributed by atoms with Gasteiger partial charge in [-0.05, 0) is 36.3 Å². The van der Waals surface area contributed by atoms with Crippen LogP contribution in [0.1, 0.15) is 36.0 Å². The number of fused-ring (bicyclic) bond motifs is 1. The lowest BCUT2D eigenvalue weighted by molar-refractivity contribution is -0.137. The molecule has 0 saturated heterocycles. The van der Waals surface area contributed by atoms with Crippen molar-refractivity contribution in [2.45, 2.75) is 32.6 Å². The lowest BCUT2D eigenvalue weighted by Gasteiger charge is -2.14. The van der Waals surface area contributed by atoms with Crippen LogP contribution in [0.4, 0.5) is 0 Å². The smallest absolute Gasteiger partial charge is 0.303 e. The number of carboxylic acid groups (broad SMARTS) is 1. The topological polar surface area (TPSA) is 37.3 Å². The van der Waals surface area contributed by atoms with Gasteiger partial charge >= 0.3 is 5.97 Å². The standard InChI is InChI=1S/C13H16O2/c1-8-3-4-10-6-9(2)11(7-13(14)15)12(10)5-8/h3-5,9,11H,6-7H2,1-2H3,(H,14,15). The van der Waals surface area contributed by atoms with Gasteiger partial charge in [0.2, 0.25) is 0 Å². The monoisotopic (exact) mass is 204 g/mol. The predicted molar refractivity (Wildman–Crippen MR) is 59.0 cm³/mol. The van der Waals surface area contributed by atoms with Gasteiger partial charge < -0.3 is 5.11 Å². The second-order valence-corrected chi connectivity index (χ2v) is 4.59. The second kappa shape index (κ2) is 3.69. The van der Waals surface area contributed by atoms with Gasteiger partial charge in [0.05, 0.1) is 6.42 Å². The first-order valence-corrected chi connectivity index (χ1v) is 5.39. The van der Waals surface area contributed by atoms with Crippen molar-refractivity contribution >= 4 is 5.97 Å². The summed E-state index contributed by atoms with van der Waals surface area (Å²) in [6, 6.07) is 6.39. The average molecular weight is 204 g/mol. The summed E-state index contributed by atoms with van der Waals surface area (Å²) >= 11 is 0. The molecule has 2 nitrogen and oxygen atoms in total. The highest BCUT2D eigenvalue weighted by Gasteiger charge is 2.30. The number of carboxylic acids is 1. The van der Waals surface area contributed by atoms with Crippen molar-refractivity contribution in [2.24, 2.45) is 5.92 Å². The molecule has 1 aromatic carbocycles. The third-order valence-electron chi connectivity index (χ3n) is 3.32. The number of hydrogen-bond donors (Lipinski definition) is 1. The molecule has 0 fully saturated rings. The maximum absolute atomic E-state index is 10.8. The van der Waals surface area contributed by atoms with Crippen molar-refractivity contribution in [3.63, 3.8) is 0 Å². The third-order valence-corrected chi connectivity index (χ3v) is 3.32. The van der Waals surface area contributed by atoms with Crippen LogP contribution >= 0.6 is 0 Å². The van der Waals surface area contributed by atoms with E-state index in [0.717, 1.165) is 6.42 Å². The van der Waals surface area contributed by atoms with Crippen molar-refractivity contribution < 1.29 is 9.90 Å². The lowest BCUT2D eigenvalue weighted by atomic mass is 9.90. The van der Waals surface area contributed by atoms with E-state index >= 15 is 0 Å². The summed E-state index contributed by atoms with van der Waals surface area (Å²) in [4.78, 5) is 10.8. The van der Waals surface area contributed by atoms with Crippen LogP contribution in [0.5, 0.6) is 0 Å². The van der Waals surface area contributed by atoms with E-state index in [1.54, 1.807) is 0 Å². The molecule has 2 atom stereocenters. The molecule has 0 saturated carbocycles. The van der Waals surface area contributed by atoms with Crippen molar-refractivity contribution in [3.8, 4) is 0 Å². The maximum Gasteiger partial charge on any atom is 0.303 e. The molecule has 2 unspecified atom stereocenters. The van der Waals surface area contributed by atoms with E-state index in [1.807, 2.05) is 0 Å². The van der Waals surface area contributed by atoms with E-state index in [4.69, 9.17) is 5.11 Å². The molecular weight excluding hydrogens is 188 g/mol. The molecule has 1 aliphatic rings. The molecule has 0 heterocycles. The van der Waals surface area contributed by atoms with E-state index in [9.17, 15) is 4.79 Å². The van der Waals surface area contributed by atoms with Gasteiger partial charge in [-0.2, -0.15) is 0 Å². The summed E-state index contributed by atoms with van der Waals surface area (Å²) in [5, 5.41) is 8.89. The molecule has 0 aromatic heterocycles. The van der Waals surface area contributed by atoms with Crippen LogP contribution in [0.3, 0.4) is 0 Å². The minimum absolute atomic E-state index is 0.206. The number of aliphatic carboxylic acids is 1. The van der Waals surface area contributed by atoms with E-state index in [1.165, 1.54) is 16.7 Å². The van der Waals surface area contributed by atoms with Gasteiger partial charge in [0.1, 0.15) is 0 Å². The minimum Gasteiger partial charge on any atom is -0.481 e. The highest BCUT2D eigenvalue weighted by atomic mass is 16.4. The zero-order valence-corrected chi connectivity index (χ0v) is 9.16. The Hall–Kier alpha value is -1.31. The van der Waals surface area contributed by atoms with E-state index < -0.39 is 5.97 Å². The molecule has 2 rings (SSSR count). The highest BCUT2D eigenvalue weighted by Crippen LogP contribution is 2.40. The van der Waals surface area contributed by atoms with Crippen molar-refractivity contribution in [1.29, 1.82) is 0 Å². The van der Waals surface area contributed by atoms with E-state index in [2.05, 4.69) is 32.0 Å². The molecule has 0 aliphatic heterocycles. The fraction of sp³-hybridized carbons (Fsp3) is 0.462. The Kier molecular flexibility index (Phi) is 2.51. The molecule has 80 valence electrons. The van der Waals surface area contributed by atoms with Gasteiger partial charge in [0.25, 0.3) is 0 Å². The first-order valence-electron chi connectivity index (χ1n) is 5.39. The minimum atomic E-state index is -0.693. The average Bonchev–Trinajstić information content (AvgIpc) is 2.43. The van der Waals surface area contributed by atoms with Crippen LogP contribution in [-0.2, 0) is 11.2 Å². The van der Waals surface area contributed by atoms with Gasteiger partial charge in [-0.3, -0.25) is 4.79 Å². The molecule has 0 radical (unpaired) electrons. The number of benzene rings is 1. The van der Waals surface area contributed by atoms with Crippen molar-refractivity contribution in [1.82, 2.24) is 0 Å². The van der Waals surface area contributed by atoms with Crippen LogP contribution in [0.2, 0.25) is 0 Å². The van der Waals surface area contributed by atoms with E-state index in [0.29, 0.717) is 5.92 Å². The molecule has 1 aliphatic carbocycles. The van der Waals surface area contributed by atoms with Gasteiger partial charge in [0, 0.05) is 0 Å². The van der Waals surface area contributed by atoms with Gasteiger partial charge in [0.15, 0.2) is 0 Å². The first kappa shape index (κ1) is 10.2. The molecule has 0 bridgehead atoms. The van der Waals surface area contributed by atoms with Gasteiger partial charge in [-0.1, -0.05) is 30.7 Å². The number of rotatable bonds is 2. The summed E-state index contributed by atoms with van der Waals surface area (Å²) in [6.07, 6.45) is 1.28. The quantitative estimate of drug-likeness (QED) is 0.804. The van der Waals surface area contributed by atoms with Gasteiger partial charge in [-0.15, -0.1) is 0 Å². The fourth-order valence-corrected chi connectivity index (χ4v) is 2.54. The summed E-state index contributed by atoms with van der Waals surface area (Å²) in [6.45, 7) is 4.20. The predicted octanol–water partition coefficient (Wildman–Crippen LogP) is 2.75. The largest absolute Gasteiger partial charge is 0.481 e. The fourth-order valence-electron chi connectivity index (χ4n) is 2.54. The van der Waals surface area contributed by atoms with Crippen LogP contribution < -0.4 is 0 Å². The van der Waals surface area contributed by atoms with Crippen LogP contribution in [-0.4, -0.2) is 11.1 Å². The summed E-state index contributed by atoms with van der Waals surface area (Å²) < 4.78 is 0. The van der Waals surface area contributed by atoms with Crippen molar-refractivity contribution in [3.05, 3.63) is 34.9 Å². The zero-order chi connectivity index (χ0) is 11.0.